The second kappa shape index (κ2) is 8.50. The first-order valence-electron chi connectivity index (χ1n) is 7.88. The van der Waals surface area contributed by atoms with Crippen LogP contribution < -0.4 is 10.6 Å². The highest BCUT2D eigenvalue weighted by Gasteiger charge is 2.30. The zero-order valence-corrected chi connectivity index (χ0v) is 15.6. The van der Waals surface area contributed by atoms with E-state index < -0.39 is 5.97 Å². The number of halogens is 1. The molecule has 1 aromatic heterocycles. The molecule has 8 heteroatoms. The van der Waals surface area contributed by atoms with Crippen LogP contribution in [0.3, 0.4) is 0 Å². The Labute approximate surface area is 150 Å². The maximum absolute atomic E-state index is 12.3. The molecule has 1 unspecified atom stereocenters. The predicted octanol–water partition coefficient (Wildman–Crippen LogP) is 2.74. The summed E-state index contributed by atoms with van der Waals surface area (Å²) in [5, 5.41) is 5.46. The van der Waals surface area contributed by atoms with Crippen LogP contribution in [0.2, 0.25) is 4.34 Å². The minimum absolute atomic E-state index is 0.293. The molecule has 0 radical (unpaired) electrons. The second-order valence-electron chi connectivity index (χ2n) is 5.44. The van der Waals surface area contributed by atoms with Gasteiger partial charge in [0.05, 0.1) is 22.6 Å². The highest BCUT2D eigenvalue weighted by Crippen LogP contribution is 2.23. The molecule has 24 heavy (non-hydrogen) atoms. The van der Waals surface area contributed by atoms with Crippen LogP contribution in [0, 0.1) is 0 Å². The van der Waals surface area contributed by atoms with Crippen molar-refractivity contribution in [2.24, 2.45) is 0 Å². The Morgan fingerprint density at radius 3 is 2.71 bits per heavy atom. The number of likely N-dealkylation sites (N-methyl/N-ethyl adjacent to an activating group) is 1. The molecule has 0 saturated carbocycles. The van der Waals surface area contributed by atoms with Crippen molar-refractivity contribution < 1.29 is 14.3 Å². The van der Waals surface area contributed by atoms with Gasteiger partial charge in [-0.05, 0) is 32.5 Å². The molecule has 0 spiro atoms. The van der Waals surface area contributed by atoms with Crippen molar-refractivity contribution in [3.63, 3.8) is 0 Å². The van der Waals surface area contributed by atoms with E-state index in [0.29, 0.717) is 31.0 Å². The van der Waals surface area contributed by atoms with E-state index >= 15 is 0 Å². The minimum Gasteiger partial charge on any atom is -0.463 e. The molecule has 0 bridgehead atoms. The lowest BCUT2D eigenvalue weighted by atomic mass is 10.0. The lowest BCUT2D eigenvalue weighted by Gasteiger charge is -2.29. The maximum atomic E-state index is 12.3. The Morgan fingerprint density at radius 2 is 2.12 bits per heavy atom. The molecule has 0 fully saturated rings. The SMILES string of the molecule is CCOC(=O)C1=C(CN(CC)Cc2ccc(Cl)s2)NC(=O)NC1C. The molecule has 0 aromatic carbocycles. The van der Waals surface area contributed by atoms with Crippen molar-refractivity contribution in [1.29, 1.82) is 0 Å². The first kappa shape index (κ1) is 18.8. The van der Waals surface area contributed by atoms with E-state index in [4.69, 9.17) is 16.3 Å². The van der Waals surface area contributed by atoms with Crippen molar-refractivity contribution in [3.8, 4) is 0 Å². The molecule has 1 aliphatic heterocycles. The van der Waals surface area contributed by atoms with Gasteiger partial charge in [-0.15, -0.1) is 11.3 Å². The van der Waals surface area contributed by atoms with Gasteiger partial charge in [0.2, 0.25) is 0 Å². The number of nitrogens with zero attached hydrogens (tertiary/aromatic N) is 1. The fourth-order valence-corrected chi connectivity index (χ4v) is 3.69. The van der Waals surface area contributed by atoms with Gasteiger partial charge < -0.3 is 15.4 Å². The van der Waals surface area contributed by atoms with Crippen LogP contribution in [0.15, 0.2) is 23.4 Å². The number of rotatable bonds is 7. The normalized spacial score (nSPS) is 17.7. The predicted molar refractivity (Wildman–Crippen MR) is 95.1 cm³/mol. The van der Waals surface area contributed by atoms with E-state index in [1.807, 2.05) is 19.1 Å². The third kappa shape index (κ3) is 4.72. The van der Waals surface area contributed by atoms with Gasteiger partial charge in [0.25, 0.3) is 0 Å². The first-order valence-corrected chi connectivity index (χ1v) is 9.08. The molecule has 1 aromatic rings. The average molecular weight is 372 g/mol. The summed E-state index contributed by atoms with van der Waals surface area (Å²) in [7, 11) is 0. The fourth-order valence-electron chi connectivity index (χ4n) is 2.56. The molecule has 0 aliphatic carbocycles. The lowest BCUT2D eigenvalue weighted by Crippen LogP contribution is -2.51. The molecule has 1 aliphatic rings. The maximum Gasteiger partial charge on any atom is 0.337 e. The van der Waals surface area contributed by atoms with Crippen molar-refractivity contribution in [1.82, 2.24) is 15.5 Å². The monoisotopic (exact) mass is 371 g/mol. The van der Waals surface area contributed by atoms with Crippen molar-refractivity contribution in [3.05, 3.63) is 32.6 Å². The number of amides is 2. The molecule has 2 rings (SSSR count). The van der Waals surface area contributed by atoms with E-state index in [-0.39, 0.29) is 12.1 Å². The highest BCUT2D eigenvalue weighted by atomic mass is 35.5. The summed E-state index contributed by atoms with van der Waals surface area (Å²) >= 11 is 7.51. The van der Waals surface area contributed by atoms with Crippen molar-refractivity contribution in [2.45, 2.75) is 33.4 Å². The summed E-state index contributed by atoms with van der Waals surface area (Å²) in [4.78, 5) is 27.3. The topological polar surface area (TPSA) is 70.7 Å². The van der Waals surface area contributed by atoms with Gasteiger partial charge in [0.1, 0.15) is 0 Å². The number of urea groups is 1. The number of esters is 1. The Morgan fingerprint density at radius 1 is 1.38 bits per heavy atom. The Hall–Kier alpha value is -1.57. The van der Waals surface area contributed by atoms with Crippen LogP contribution in [0.1, 0.15) is 25.6 Å². The third-order valence-electron chi connectivity index (χ3n) is 3.70. The number of carbonyl (C=O) groups is 2. The Kier molecular flexibility index (Phi) is 6.65. The first-order chi connectivity index (χ1) is 11.4. The molecular formula is C16H22ClN3O3S. The van der Waals surface area contributed by atoms with Gasteiger partial charge in [-0.1, -0.05) is 18.5 Å². The summed E-state index contributed by atoms with van der Waals surface area (Å²) in [6, 6.07) is 3.16. The zero-order chi connectivity index (χ0) is 17.7. The van der Waals surface area contributed by atoms with E-state index in [9.17, 15) is 9.59 Å². The van der Waals surface area contributed by atoms with Crippen LogP contribution in [0.25, 0.3) is 0 Å². The van der Waals surface area contributed by atoms with Gasteiger partial charge in [-0.3, -0.25) is 4.90 Å². The van der Waals surface area contributed by atoms with Crippen LogP contribution in [0.5, 0.6) is 0 Å². The smallest absolute Gasteiger partial charge is 0.337 e. The van der Waals surface area contributed by atoms with Crippen LogP contribution >= 0.6 is 22.9 Å². The van der Waals surface area contributed by atoms with Crippen molar-refractivity contribution >= 4 is 34.9 Å². The second-order valence-corrected chi connectivity index (χ2v) is 7.24. The number of nitrogens with one attached hydrogen (secondary N) is 2. The molecule has 132 valence electrons. The largest absolute Gasteiger partial charge is 0.463 e. The number of ether oxygens (including phenoxy) is 1. The fraction of sp³-hybridized carbons (Fsp3) is 0.500. The van der Waals surface area contributed by atoms with Crippen LogP contribution in [-0.4, -0.2) is 42.6 Å². The molecule has 6 nitrogen and oxygen atoms in total. The van der Waals surface area contributed by atoms with Gasteiger partial charge in [-0.25, -0.2) is 9.59 Å². The Balaban J connectivity index is 2.20. The van der Waals surface area contributed by atoms with E-state index in [1.54, 1.807) is 13.8 Å². The molecule has 2 amide bonds. The van der Waals surface area contributed by atoms with E-state index in [0.717, 1.165) is 15.8 Å². The molecule has 2 heterocycles. The summed E-state index contributed by atoms with van der Waals surface area (Å²) in [5.41, 5.74) is 1.06. The summed E-state index contributed by atoms with van der Waals surface area (Å²) in [5.74, 6) is -0.400. The lowest BCUT2D eigenvalue weighted by molar-refractivity contribution is -0.139. The van der Waals surface area contributed by atoms with Gasteiger partial charge in [0, 0.05) is 23.7 Å². The molecule has 2 N–H and O–H groups in total. The van der Waals surface area contributed by atoms with Crippen LogP contribution in [0.4, 0.5) is 4.79 Å². The van der Waals surface area contributed by atoms with Gasteiger partial charge in [-0.2, -0.15) is 0 Å². The van der Waals surface area contributed by atoms with E-state index in [1.165, 1.54) is 11.3 Å². The zero-order valence-electron chi connectivity index (χ0n) is 14.0. The molecule has 0 saturated heterocycles. The summed E-state index contributed by atoms with van der Waals surface area (Å²) in [6.45, 7) is 7.79. The van der Waals surface area contributed by atoms with Crippen LogP contribution in [-0.2, 0) is 16.1 Å². The third-order valence-corrected chi connectivity index (χ3v) is 4.92. The number of carbonyl (C=O) groups excluding carboxylic acids is 2. The highest BCUT2D eigenvalue weighted by molar-refractivity contribution is 7.16. The quantitative estimate of drug-likeness (QED) is 0.723. The number of thiophene rings is 1. The summed E-state index contributed by atoms with van der Waals surface area (Å²) in [6.07, 6.45) is 0. The van der Waals surface area contributed by atoms with Crippen molar-refractivity contribution in [2.75, 3.05) is 19.7 Å². The molecule has 1 atom stereocenters. The van der Waals surface area contributed by atoms with Gasteiger partial charge in [0.15, 0.2) is 0 Å². The van der Waals surface area contributed by atoms with E-state index in [2.05, 4.69) is 15.5 Å². The average Bonchev–Trinajstić information content (AvgIpc) is 2.91. The summed E-state index contributed by atoms with van der Waals surface area (Å²) < 4.78 is 5.88. The molecular weight excluding hydrogens is 350 g/mol. The standard InChI is InChI=1S/C16H22ClN3O3S/c1-4-20(8-11-6-7-13(17)24-11)9-12-14(15(21)23-5-2)10(3)18-16(22)19-12/h6-7,10H,4-5,8-9H2,1-3H3,(H2,18,19,22). The minimum atomic E-state index is -0.400. The van der Waals surface area contributed by atoms with Gasteiger partial charge >= 0.3 is 12.0 Å². The Bertz CT molecular complexity index is 644. The number of hydrogen-bond donors (Lipinski definition) is 2. The number of hydrogen-bond acceptors (Lipinski definition) is 5.